The Hall–Kier alpha value is 0.01000. The summed E-state index contributed by atoms with van der Waals surface area (Å²) in [5.74, 6) is 1.13. The molecule has 0 bridgehead atoms. The van der Waals surface area contributed by atoms with Crippen LogP contribution in [0.5, 0.6) is 0 Å². The van der Waals surface area contributed by atoms with Gasteiger partial charge in [0.05, 0.1) is 0 Å². The van der Waals surface area contributed by atoms with Crippen molar-refractivity contribution in [1.82, 2.24) is 0 Å². The Labute approximate surface area is 107 Å². The summed E-state index contributed by atoms with van der Waals surface area (Å²) in [4.78, 5) is 1.47. The van der Waals surface area contributed by atoms with Crippen LogP contribution in [0.15, 0.2) is 28.7 Å². The van der Waals surface area contributed by atoms with Crippen LogP contribution in [0.1, 0.15) is 18.7 Å². The predicted octanol–water partition coefficient (Wildman–Crippen LogP) is 5.31. The van der Waals surface area contributed by atoms with Gasteiger partial charge >= 0.3 is 0 Å². The minimum absolute atomic E-state index is 0.707. The van der Waals surface area contributed by atoms with Crippen LogP contribution in [0.4, 0.5) is 0 Å². The molecule has 2 rings (SSSR count). The van der Waals surface area contributed by atoms with E-state index in [9.17, 15) is 0 Å². The number of hydrogen-bond donors (Lipinski definition) is 0. The average molecular weight is 301 g/mol. The first-order chi connectivity index (χ1) is 7.16. The van der Waals surface area contributed by atoms with Crippen molar-refractivity contribution >= 4 is 49.1 Å². The van der Waals surface area contributed by atoms with Gasteiger partial charge in [0.25, 0.3) is 0 Å². The zero-order chi connectivity index (χ0) is 10.8. The van der Waals surface area contributed by atoms with Crippen molar-refractivity contribution in [3.63, 3.8) is 0 Å². The molecule has 0 fully saturated rings. The molecular formula is C12H13BrS2. The Morgan fingerprint density at radius 3 is 2.87 bits per heavy atom. The van der Waals surface area contributed by atoms with Crippen LogP contribution in [0.25, 0.3) is 10.1 Å². The van der Waals surface area contributed by atoms with Crippen molar-refractivity contribution in [1.29, 1.82) is 0 Å². The molecule has 3 heteroatoms. The van der Waals surface area contributed by atoms with Crippen molar-refractivity contribution in [2.75, 3.05) is 0 Å². The lowest BCUT2D eigenvalue weighted by molar-refractivity contribution is 1.11. The normalized spacial score (nSPS) is 11.5. The minimum atomic E-state index is 0.707. The Morgan fingerprint density at radius 2 is 2.20 bits per heavy atom. The summed E-state index contributed by atoms with van der Waals surface area (Å²) in [6.45, 7) is 4.49. The third kappa shape index (κ3) is 2.77. The molecule has 0 aliphatic carbocycles. The first kappa shape index (κ1) is 11.5. The summed E-state index contributed by atoms with van der Waals surface area (Å²) in [6, 6.07) is 8.70. The third-order valence-corrected chi connectivity index (χ3v) is 5.24. The lowest BCUT2D eigenvalue weighted by atomic mass is 10.2. The van der Waals surface area contributed by atoms with Crippen LogP contribution < -0.4 is 0 Å². The molecule has 0 aliphatic heterocycles. The molecule has 0 aliphatic rings. The topological polar surface area (TPSA) is 0 Å². The highest BCUT2D eigenvalue weighted by molar-refractivity contribution is 9.10. The quantitative estimate of drug-likeness (QED) is 0.740. The molecule has 0 unspecified atom stereocenters. The smallest absolute Gasteiger partial charge is 0.0357 e. The van der Waals surface area contributed by atoms with Gasteiger partial charge in [-0.2, -0.15) is 11.8 Å². The molecule has 1 aromatic carbocycles. The van der Waals surface area contributed by atoms with Crippen molar-refractivity contribution in [2.45, 2.75) is 24.9 Å². The molecule has 0 N–H and O–H groups in total. The van der Waals surface area contributed by atoms with Crippen molar-refractivity contribution < 1.29 is 0 Å². The number of hydrogen-bond acceptors (Lipinski definition) is 2. The fraction of sp³-hybridized carbons (Fsp3) is 0.333. The van der Waals surface area contributed by atoms with Gasteiger partial charge in [0.2, 0.25) is 0 Å². The van der Waals surface area contributed by atoms with Crippen molar-refractivity contribution in [2.24, 2.45) is 0 Å². The Balaban J connectivity index is 2.27. The van der Waals surface area contributed by atoms with E-state index in [1.54, 1.807) is 0 Å². The molecule has 0 spiro atoms. The van der Waals surface area contributed by atoms with E-state index in [1.807, 2.05) is 23.1 Å². The lowest BCUT2D eigenvalue weighted by Gasteiger charge is -2.00. The summed E-state index contributed by atoms with van der Waals surface area (Å²) < 4.78 is 2.58. The van der Waals surface area contributed by atoms with E-state index in [1.165, 1.54) is 19.4 Å². The Kier molecular flexibility index (Phi) is 3.75. The van der Waals surface area contributed by atoms with E-state index in [0.717, 1.165) is 5.75 Å². The summed E-state index contributed by atoms with van der Waals surface area (Å²) in [7, 11) is 0. The van der Waals surface area contributed by atoms with Crippen LogP contribution in [0, 0.1) is 0 Å². The van der Waals surface area contributed by atoms with E-state index >= 15 is 0 Å². The molecule has 15 heavy (non-hydrogen) atoms. The van der Waals surface area contributed by atoms with E-state index < -0.39 is 0 Å². The molecule has 1 heterocycles. The monoisotopic (exact) mass is 300 g/mol. The fourth-order valence-corrected chi connectivity index (χ4v) is 3.92. The Morgan fingerprint density at radius 1 is 1.40 bits per heavy atom. The van der Waals surface area contributed by atoms with Crippen molar-refractivity contribution in [3.8, 4) is 0 Å². The van der Waals surface area contributed by atoms with E-state index in [2.05, 4.69) is 54.0 Å². The molecule has 0 nitrogen and oxygen atoms in total. The summed E-state index contributed by atoms with van der Waals surface area (Å²) in [5, 5.41) is 2.06. The van der Waals surface area contributed by atoms with Gasteiger partial charge < -0.3 is 0 Å². The highest BCUT2D eigenvalue weighted by Crippen LogP contribution is 2.33. The minimum Gasteiger partial charge on any atom is -0.154 e. The molecular weight excluding hydrogens is 288 g/mol. The largest absolute Gasteiger partial charge is 0.154 e. The molecule has 0 saturated carbocycles. The fourth-order valence-electron chi connectivity index (χ4n) is 1.40. The van der Waals surface area contributed by atoms with Crippen molar-refractivity contribution in [3.05, 3.63) is 33.6 Å². The van der Waals surface area contributed by atoms with Gasteiger partial charge in [-0.3, -0.25) is 0 Å². The predicted molar refractivity (Wildman–Crippen MR) is 76.0 cm³/mol. The summed E-state index contributed by atoms with van der Waals surface area (Å²) in [5.41, 5.74) is 0. The first-order valence-electron chi connectivity index (χ1n) is 4.95. The number of benzene rings is 1. The SMILES string of the molecule is CC(C)SCc1cc2c(Br)cccc2s1. The number of rotatable bonds is 3. The number of fused-ring (bicyclic) bond motifs is 1. The highest BCUT2D eigenvalue weighted by atomic mass is 79.9. The molecule has 80 valence electrons. The first-order valence-corrected chi connectivity index (χ1v) is 7.61. The zero-order valence-corrected chi connectivity index (χ0v) is 12.0. The second-order valence-electron chi connectivity index (χ2n) is 3.72. The van der Waals surface area contributed by atoms with Crippen LogP contribution >= 0.6 is 39.0 Å². The number of thiophene rings is 1. The molecule has 0 amide bonds. The third-order valence-electron chi connectivity index (χ3n) is 2.12. The van der Waals surface area contributed by atoms with Crippen LogP contribution in [-0.2, 0) is 5.75 Å². The van der Waals surface area contributed by atoms with Gasteiger partial charge in [-0.05, 0) is 23.4 Å². The van der Waals surface area contributed by atoms with E-state index in [4.69, 9.17) is 0 Å². The zero-order valence-electron chi connectivity index (χ0n) is 8.79. The molecule has 1 aromatic heterocycles. The highest BCUT2D eigenvalue weighted by Gasteiger charge is 2.05. The van der Waals surface area contributed by atoms with E-state index in [-0.39, 0.29) is 0 Å². The summed E-state index contributed by atoms with van der Waals surface area (Å²) >= 11 is 7.49. The molecule has 0 radical (unpaired) electrons. The maximum absolute atomic E-state index is 3.59. The Bertz CT molecular complexity index is 460. The molecule has 2 aromatic rings. The standard InChI is InChI=1S/C12H13BrS2/c1-8(2)14-7-9-6-10-11(13)4-3-5-12(10)15-9/h3-6,8H,7H2,1-2H3. The average Bonchev–Trinajstić information content (AvgIpc) is 2.59. The number of thioether (sulfide) groups is 1. The van der Waals surface area contributed by atoms with Gasteiger partial charge in [-0.25, -0.2) is 0 Å². The van der Waals surface area contributed by atoms with Crippen LogP contribution in [0.3, 0.4) is 0 Å². The van der Waals surface area contributed by atoms with Gasteiger partial charge in [0, 0.05) is 25.2 Å². The maximum Gasteiger partial charge on any atom is 0.0357 e. The summed E-state index contributed by atoms with van der Waals surface area (Å²) in [6.07, 6.45) is 0. The lowest BCUT2D eigenvalue weighted by Crippen LogP contribution is -1.85. The van der Waals surface area contributed by atoms with Crippen LogP contribution in [-0.4, -0.2) is 5.25 Å². The van der Waals surface area contributed by atoms with Gasteiger partial charge in [0.15, 0.2) is 0 Å². The van der Waals surface area contributed by atoms with Gasteiger partial charge in [0.1, 0.15) is 0 Å². The maximum atomic E-state index is 3.59. The van der Waals surface area contributed by atoms with E-state index in [0.29, 0.717) is 5.25 Å². The molecule has 0 atom stereocenters. The second kappa shape index (κ2) is 4.89. The van der Waals surface area contributed by atoms with Gasteiger partial charge in [-0.1, -0.05) is 35.8 Å². The molecule has 0 saturated heterocycles. The van der Waals surface area contributed by atoms with Crippen LogP contribution in [0.2, 0.25) is 0 Å². The second-order valence-corrected chi connectivity index (χ2v) is 7.31. The van der Waals surface area contributed by atoms with Gasteiger partial charge in [-0.15, -0.1) is 11.3 Å². The number of halogens is 1.